The summed E-state index contributed by atoms with van der Waals surface area (Å²) in [7, 11) is -3.89. The molecule has 0 aliphatic carbocycles. The molecular weight excluding hydrogens is 465 g/mol. The molecule has 0 radical (unpaired) electrons. The Morgan fingerprint density at radius 2 is 1.77 bits per heavy atom. The van der Waals surface area contributed by atoms with E-state index < -0.39 is 10.0 Å². The third kappa shape index (κ3) is 6.10. The number of aliphatic hydroxyl groups excluding tert-OH is 1. The molecule has 1 atom stereocenters. The van der Waals surface area contributed by atoms with Crippen molar-refractivity contribution in [1.29, 1.82) is 0 Å². The number of nitrogens with zero attached hydrogens (tertiary/aromatic N) is 3. The van der Waals surface area contributed by atoms with Crippen LogP contribution < -0.4 is 0 Å². The van der Waals surface area contributed by atoms with Crippen LogP contribution in [0.1, 0.15) is 19.3 Å². The first kappa shape index (κ1) is 24.7. The van der Waals surface area contributed by atoms with Crippen molar-refractivity contribution in [3.8, 4) is 0 Å². The van der Waals surface area contributed by atoms with Crippen molar-refractivity contribution in [2.24, 2.45) is 0 Å². The van der Waals surface area contributed by atoms with E-state index in [0.29, 0.717) is 32.6 Å². The molecule has 1 aromatic rings. The van der Waals surface area contributed by atoms with Crippen LogP contribution in [0.3, 0.4) is 0 Å². The Morgan fingerprint density at radius 1 is 1.10 bits per heavy atom. The summed E-state index contributed by atoms with van der Waals surface area (Å²) in [4.78, 5) is 16.2. The average molecular weight is 494 g/mol. The number of β-amino-alcohol motifs (C(OH)–C–C–N with tert-alkyl or cyclic N) is 1. The fourth-order valence-corrected chi connectivity index (χ4v) is 6.81. The molecule has 2 aliphatic heterocycles. The Hall–Kier alpha value is -0.940. The van der Waals surface area contributed by atoms with Crippen LogP contribution in [-0.4, -0.2) is 98.7 Å². The first-order chi connectivity index (χ1) is 14.8. The molecule has 0 spiro atoms. The third-order valence-corrected chi connectivity index (χ3v) is 8.64. The quantitative estimate of drug-likeness (QED) is 0.592. The third-order valence-electron chi connectivity index (χ3n) is 5.74. The van der Waals surface area contributed by atoms with E-state index in [2.05, 4.69) is 4.90 Å². The summed E-state index contributed by atoms with van der Waals surface area (Å²) >= 11 is 12.3. The minimum absolute atomic E-state index is 0.0814. The van der Waals surface area contributed by atoms with Crippen molar-refractivity contribution in [3.05, 3.63) is 28.2 Å². The number of carbonyl (C=O) groups excluding carboxylic acids is 1. The maximum atomic E-state index is 13.3. The van der Waals surface area contributed by atoms with E-state index in [4.69, 9.17) is 33.0 Å². The number of amides is 1. The fraction of sp³-hybridized carbons (Fsp3) is 0.650. The second kappa shape index (κ2) is 11.3. The molecule has 11 heteroatoms. The van der Waals surface area contributed by atoms with Crippen molar-refractivity contribution >= 4 is 39.1 Å². The zero-order chi connectivity index (χ0) is 22.4. The lowest BCUT2D eigenvalue weighted by Gasteiger charge is -2.36. The van der Waals surface area contributed by atoms with E-state index in [0.717, 1.165) is 25.9 Å². The first-order valence-electron chi connectivity index (χ1n) is 10.5. The highest BCUT2D eigenvalue weighted by atomic mass is 35.5. The fourth-order valence-electron chi connectivity index (χ4n) is 4.04. The van der Waals surface area contributed by atoms with Gasteiger partial charge in [-0.15, -0.1) is 0 Å². The molecule has 3 rings (SSSR count). The zero-order valence-electron chi connectivity index (χ0n) is 17.4. The Morgan fingerprint density at radius 3 is 2.42 bits per heavy atom. The summed E-state index contributed by atoms with van der Waals surface area (Å²) in [5, 5.41) is 9.19. The Labute approximate surface area is 193 Å². The molecule has 1 aromatic carbocycles. The number of benzene rings is 1. The molecule has 1 unspecified atom stereocenters. The maximum Gasteiger partial charge on any atom is 0.248 e. The van der Waals surface area contributed by atoms with Crippen LogP contribution in [0.15, 0.2) is 23.1 Å². The van der Waals surface area contributed by atoms with Gasteiger partial charge in [-0.3, -0.25) is 9.69 Å². The van der Waals surface area contributed by atoms with Gasteiger partial charge >= 0.3 is 0 Å². The number of ether oxygens (including phenoxy) is 1. The molecule has 8 nitrogen and oxygen atoms in total. The van der Waals surface area contributed by atoms with Gasteiger partial charge in [-0.05, 0) is 25.0 Å². The van der Waals surface area contributed by atoms with Gasteiger partial charge in [0.25, 0.3) is 0 Å². The number of piperazine rings is 1. The van der Waals surface area contributed by atoms with Crippen LogP contribution in [-0.2, 0) is 19.6 Å². The van der Waals surface area contributed by atoms with Crippen LogP contribution in [0.2, 0.25) is 10.0 Å². The summed E-state index contributed by atoms with van der Waals surface area (Å²) in [6.45, 7) is 3.76. The maximum absolute atomic E-state index is 13.3. The van der Waals surface area contributed by atoms with Gasteiger partial charge in [-0.1, -0.05) is 35.7 Å². The predicted molar refractivity (Wildman–Crippen MR) is 119 cm³/mol. The summed E-state index contributed by atoms with van der Waals surface area (Å²) in [5.41, 5.74) is 0. The van der Waals surface area contributed by atoms with Crippen molar-refractivity contribution in [1.82, 2.24) is 14.1 Å². The summed E-state index contributed by atoms with van der Waals surface area (Å²) in [6.07, 6.45) is 2.28. The van der Waals surface area contributed by atoms with Gasteiger partial charge < -0.3 is 14.7 Å². The van der Waals surface area contributed by atoms with Gasteiger partial charge in [0.2, 0.25) is 15.9 Å². The molecule has 1 N–H and O–H groups in total. The highest BCUT2D eigenvalue weighted by Gasteiger charge is 2.36. The number of hydrogen-bond donors (Lipinski definition) is 1. The van der Waals surface area contributed by atoms with Gasteiger partial charge in [0.15, 0.2) is 0 Å². The summed E-state index contributed by atoms with van der Waals surface area (Å²) in [6, 6.07) is 4.25. The van der Waals surface area contributed by atoms with E-state index in [1.165, 1.54) is 16.4 Å². The minimum Gasteiger partial charge on any atom is -0.395 e. The summed E-state index contributed by atoms with van der Waals surface area (Å²) < 4.78 is 33.6. The standard InChI is InChI=1S/C20H29Cl2N3O5S/c21-17-5-3-6-18(22)20(17)31(28,29)25-7-2-1-4-16(25)14-30-15-19(27)24-10-8-23(9-11-24)12-13-26/h3,5-6,16,26H,1-2,4,7-15H2. The van der Waals surface area contributed by atoms with Gasteiger partial charge in [-0.25, -0.2) is 8.42 Å². The average Bonchev–Trinajstić information content (AvgIpc) is 2.74. The summed E-state index contributed by atoms with van der Waals surface area (Å²) in [5.74, 6) is -0.108. The molecule has 2 saturated heterocycles. The molecule has 2 heterocycles. The molecule has 0 bridgehead atoms. The van der Waals surface area contributed by atoms with Crippen molar-refractivity contribution in [3.63, 3.8) is 0 Å². The Kier molecular flexibility index (Phi) is 8.98. The number of sulfonamides is 1. The molecule has 1 amide bonds. The Bertz CT molecular complexity index is 842. The monoisotopic (exact) mass is 493 g/mol. The van der Waals surface area contributed by atoms with Gasteiger partial charge in [-0.2, -0.15) is 4.31 Å². The number of halogens is 2. The molecule has 174 valence electrons. The zero-order valence-corrected chi connectivity index (χ0v) is 19.7. The van der Waals surface area contributed by atoms with E-state index in [9.17, 15) is 13.2 Å². The number of rotatable bonds is 8. The van der Waals surface area contributed by atoms with E-state index in [1.807, 2.05) is 0 Å². The van der Waals surface area contributed by atoms with E-state index in [1.54, 1.807) is 11.0 Å². The lowest BCUT2D eigenvalue weighted by Crippen LogP contribution is -2.50. The smallest absolute Gasteiger partial charge is 0.248 e. The second-order valence-corrected chi connectivity index (χ2v) is 10.4. The molecule has 0 aromatic heterocycles. The lowest BCUT2D eigenvalue weighted by atomic mass is 10.1. The normalized spacial score (nSPS) is 21.4. The van der Waals surface area contributed by atoms with E-state index in [-0.39, 0.29) is 46.7 Å². The van der Waals surface area contributed by atoms with Crippen LogP contribution in [0, 0.1) is 0 Å². The molecule has 0 saturated carbocycles. The van der Waals surface area contributed by atoms with Crippen LogP contribution in [0.5, 0.6) is 0 Å². The van der Waals surface area contributed by atoms with Crippen LogP contribution >= 0.6 is 23.2 Å². The SMILES string of the molecule is O=C(COCC1CCCCN1S(=O)(=O)c1c(Cl)cccc1Cl)N1CCN(CCO)CC1. The highest BCUT2D eigenvalue weighted by Crippen LogP contribution is 2.34. The van der Waals surface area contributed by atoms with Gasteiger partial charge in [0.05, 0.1) is 23.3 Å². The van der Waals surface area contributed by atoms with Gasteiger partial charge in [0, 0.05) is 45.3 Å². The number of carbonyl (C=O) groups is 1. The molecular formula is C20H29Cl2N3O5S. The van der Waals surface area contributed by atoms with Gasteiger partial charge in [0.1, 0.15) is 11.5 Å². The van der Waals surface area contributed by atoms with Crippen molar-refractivity contribution in [2.75, 3.05) is 59.1 Å². The number of aliphatic hydroxyl groups is 1. The predicted octanol–water partition coefficient (Wildman–Crippen LogP) is 1.69. The highest BCUT2D eigenvalue weighted by molar-refractivity contribution is 7.89. The van der Waals surface area contributed by atoms with Crippen LogP contribution in [0.4, 0.5) is 0 Å². The number of hydrogen-bond acceptors (Lipinski definition) is 6. The Balaban J connectivity index is 1.57. The molecule has 2 aliphatic rings. The number of piperidine rings is 1. The second-order valence-electron chi connectivity index (χ2n) is 7.78. The largest absolute Gasteiger partial charge is 0.395 e. The van der Waals surface area contributed by atoms with E-state index >= 15 is 0 Å². The minimum atomic E-state index is -3.89. The lowest BCUT2D eigenvalue weighted by molar-refractivity contribution is -0.138. The topological polar surface area (TPSA) is 90.4 Å². The van der Waals surface area contributed by atoms with Crippen molar-refractivity contribution in [2.45, 2.75) is 30.2 Å². The van der Waals surface area contributed by atoms with Crippen molar-refractivity contribution < 1.29 is 23.1 Å². The first-order valence-corrected chi connectivity index (χ1v) is 12.7. The molecule has 31 heavy (non-hydrogen) atoms. The molecule has 2 fully saturated rings. The van der Waals surface area contributed by atoms with Crippen LogP contribution in [0.25, 0.3) is 0 Å².